The van der Waals surface area contributed by atoms with E-state index in [1.165, 1.54) is 0 Å². The lowest BCUT2D eigenvalue weighted by atomic mass is 9.98. The molecule has 2 aliphatic heterocycles. The third-order valence-corrected chi connectivity index (χ3v) is 11.8. The summed E-state index contributed by atoms with van der Waals surface area (Å²) in [6.07, 6.45) is -5.63. The van der Waals surface area contributed by atoms with E-state index in [-0.39, 0.29) is 33.0 Å². The van der Waals surface area contributed by atoms with Crippen molar-refractivity contribution in [1.82, 2.24) is 0 Å². The van der Waals surface area contributed by atoms with Crippen molar-refractivity contribution in [2.75, 3.05) is 13.2 Å². The van der Waals surface area contributed by atoms with Crippen LogP contribution in [0.3, 0.4) is 0 Å². The molecule has 6 aromatic carbocycles. The van der Waals surface area contributed by atoms with Crippen molar-refractivity contribution < 1.29 is 47.4 Å². The Kier molecular flexibility index (Phi) is 18.5. The van der Waals surface area contributed by atoms with Crippen molar-refractivity contribution in [2.24, 2.45) is 0 Å². The molecule has 2 aliphatic rings. The highest BCUT2D eigenvalue weighted by Crippen LogP contribution is 2.37. The van der Waals surface area contributed by atoms with Gasteiger partial charge in [0.1, 0.15) is 42.7 Å². The highest BCUT2D eigenvalue weighted by atomic mass is 16.8. The zero-order valence-electron chi connectivity index (χ0n) is 38.1. The average molecular weight is 907 g/mol. The van der Waals surface area contributed by atoms with Crippen molar-refractivity contribution in [3.63, 3.8) is 0 Å². The number of hydrogen-bond acceptors (Lipinski definition) is 10. The maximum atomic E-state index is 7.28. The van der Waals surface area contributed by atoms with Gasteiger partial charge >= 0.3 is 0 Å². The Morgan fingerprint density at radius 2 is 0.836 bits per heavy atom. The fourth-order valence-electron chi connectivity index (χ4n) is 8.36. The minimum Gasteiger partial charge on any atom is -0.374 e. The van der Waals surface area contributed by atoms with E-state index in [1.54, 1.807) is 6.08 Å². The Morgan fingerprint density at radius 1 is 0.433 bits per heavy atom. The van der Waals surface area contributed by atoms with Crippen LogP contribution < -0.4 is 0 Å². The molecule has 0 N–H and O–H groups in total. The smallest absolute Gasteiger partial charge is 0.187 e. The monoisotopic (exact) mass is 906 g/mol. The van der Waals surface area contributed by atoms with Crippen LogP contribution in [-0.2, 0) is 87.0 Å². The first kappa shape index (κ1) is 48.1. The van der Waals surface area contributed by atoms with Crippen molar-refractivity contribution in [1.29, 1.82) is 0 Å². The van der Waals surface area contributed by atoms with E-state index >= 15 is 0 Å². The topological polar surface area (TPSA) is 92.3 Å². The van der Waals surface area contributed by atoms with Crippen molar-refractivity contribution in [2.45, 2.75) is 108 Å². The van der Waals surface area contributed by atoms with Crippen LogP contribution in [-0.4, -0.2) is 74.6 Å². The number of hydrogen-bond donors (Lipinski definition) is 0. The van der Waals surface area contributed by atoms with Gasteiger partial charge in [-0.15, -0.1) is 6.58 Å². The van der Waals surface area contributed by atoms with E-state index in [9.17, 15) is 0 Å². The Hall–Kier alpha value is -5.34. The summed E-state index contributed by atoms with van der Waals surface area (Å²) in [7, 11) is 0. The molecule has 0 unspecified atom stereocenters. The van der Waals surface area contributed by atoms with E-state index in [1.807, 2.05) is 189 Å². The van der Waals surface area contributed by atoms with Gasteiger partial charge in [0.05, 0.1) is 59.0 Å². The summed E-state index contributed by atoms with van der Waals surface area (Å²) < 4.78 is 68.4. The normalized spacial score (nSPS) is 24.3. The van der Waals surface area contributed by atoms with Gasteiger partial charge in [-0.25, -0.2) is 0 Å². The molecule has 67 heavy (non-hydrogen) atoms. The van der Waals surface area contributed by atoms with E-state index in [2.05, 4.69) is 6.58 Å². The number of ether oxygens (including phenoxy) is 10. The molecule has 0 aromatic heterocycles. The van der Waals surface area contributed by atoms with Crippen LogP contribution in [0, 0.1) is 0 Å². The third kappa shape index (κ3) is 14.1. The van der Waals surface area contributed by atoms with E-state index < -0.39 is 61.4 Å². The van der Waals surface area contributed by atoms with Gasteiger partial charge in [0.15, 0.2) is 12.6 Å². The molecule has 2 heterocycles. The Morgan fingerprint density at radius 3 is 1.30 bits per heavy atom. The van der Waals surface area contributed by atoms with Crippen LogP contribution in [0.5, 0.6) is 0 Å². The molecule has 350 valence electrons. The molecule has 10 heteroatoms. The molecule has 10 nitrogen and oxygen atoms in total. The largest absolute Gasteiger partial charge is 0.374 e. The zero-order valence-corrected chi connectivity index (χ0v) is 38.1. The maximum absolute atomic E-state index is 7.28. The molecule has 10 atom stereocenters. The highest BCUT2D eigenvalue weighted by molar-refractivity contribution is 5.18. The summed E-state index contributed by atoms with van der Waals surface area (Å²) in [5.41, 5.74) is 6.04. The molecule has 0 aliphatic carbocycles. The van der Waals surface area contributed by atoms with Crippen molar-refractivity contribution >= 4 is 0 Å². The van der Waals surface area contributed by atoms with Gasteiger partial charge in [0, 0.05) is 0 Å². The van der Waals surface area contributed by atoms with Crippen LogP contribution in [0.15, 0.2) is 195 Å². The molecule has 6 aromatic rings. The van der Waals surface area contributed by atoms with E-state index in [0.29, 0.717) is 19.8 Å². The summed E-state index contributed by atoms with van der Waals surface area (Å²) >= 11 is 0. The molecule has 0 bridgehead atoms. The molecule has 0 spiro atoms. The average Bonchev–Trinajstić information content (AvgIpc) is 3.72. The second kappa shape index (κ2) is 25.7. The van der Waals surface area contributed by atoms with E-state index in [0.717, 1.165) is 33.4 Å². The van der Waals surface area contributed by atoms with Crippen LogP contribution in [0.2, 0.25) is 0 Å². The van der Waals surface area contributed by atoms with Gasteiger partial charge in [0.25, 0.3) is 0 Å². The molecule has 2 fully saturated rings. The lowest BCUT2D eigenvalue weighted by Crippen LogP contribution is -2.61. The summed E-state index contributed by atoms with van der Waals surface area (Å²) in [5.74, 6) is 0. The van der Waals surface area contributed by atoms with Gasteiger partial charge < -0.3 is 47.4 Å². The molecule has 0 saturated carbocycles. The molecule has 0 radical (unpaired) electrons. The van der Waals surface area contributed by atoms with Crippen LogP contribution in [0.4, 0.5) is 0 Å². The highest BCUT2D eigenvalue weighted by Gasteiger charge is 2.55. The fraction of sp³-hybridized carbons (Fsp3) is 0.333. The Balaban J connectivity index is 1.15. The van der Waals surface area contributed by atoms with Gasteiger partial charge in [0.2, 0.25) is 0 Å². The molecular weight excluding hydrogens is 845 g/mol. The fourth-order valence-corrected chi connectivity index (χ4v) is 8.36. The maximum Gasteiger partial charge on any atom is 0.187 e. The Bertz CT molecular complexity index is 2270. The van der Waals surface area contributed by atoms with Crippen molar-refractivity contribution in [3.8, 4) is 0 Å². The first-order valence-electron chi connectivity index (χ1n) is 23.2. The molecular formula is C57H62O10. The SMILES string of the molecule is C=CCO[C@@H]1O[C@@H](C)[C@H](OCc2ccccc2)[C@@H](OCc2ccccc2)[C@H]1O[C@H]1O[C@@H]([C@@H](COCc2ccccc2)OCc2ccccc2)[C@H](OCc2ccccc2)[C@H]1OCc1ccccc1. The minimum atomic E-state index is -1.03. The van der Waals surface area contributed by atoms with Crippen LogP contribution in [0.1, 0.15) is 40.3 Å². The second-order valence-electron chi connectivity index (χ2n) is 16.8. The number of benzene rings is 6. The lowest BCUT2D eigenvalue weighted by molar-refractivity contribution is -0.345. The predicted octanol–water partition coefficient (Wildman–Crippen LogP) is 10.2. The van der Waals surface area contributed by atoms with Gasteiger partial charge in [-0.2, -0.15) is 0 Å². The van der Waals surface area contributed by atoms with Gasteiger partial charge in [-0.05, 0) is 40.3 Å². The quantitative estimate of drug-likeness (QED) is 0.0517. The number of rotatable bonds is 25. The first-order chi connectivity index (χ1) is 33.1. The third-order valence-electron chi connectivity index (χ3n) is 11.8. The van der Waals surface area contributed by atoms with E-state index in [4.69, 9.17) is 47.4 Å². The minimum absolute atomic E-state index is 0.197. The molecule has 2 saturated heterocycles. The summed E-state index contributed by atoms with van der Waals surface area (Å²) in [5, 5.41) is 0. The second-order valence-corrected chi connectivity index (χ2v) is 16.8. The first-order valence-corrected chi connectivity index (χ1v) is 23.2. The Labute approximate surface area is 395 Å². The summed E-state index contributed by atoms with van der Waals surface area (Å²) in [6.45, 7) is 8.17. The molecule has 0 amide bonds. The summed E-state index contributed by atoms with van der Waals surface area (Å²) in [4.78, 5) is 0. The van der Waals surface area contributed by atoms with Crippen LogP contribution in [0.25, 0.3) is 0 Å². The van der Waals surface area contributed by atoms with Crippen molar-refractivity contribution in [3.05, 3.63) is 228 Å². The van der Waals surface area contributed by atoms with Gasteiger partial charge in [-0.3, -0.25) is 0 Å². The summed E-state index contributed by atoms with van der Waals surface area (Å²) in [6, 6.07) is 60.4. The van der Waals surface area contributed by atoms with Gasteiger partial charge in [-0.1, -0.05) is 188 Å². The predicted molar refractivity (Wildman–Crippen MR) is 255 cm³/mol. The standard InChI is InChI=1S/C57H62O10/c1-3-34-59-56-55(52(62-38-46-28-16-7-17-29-46)50(42(2)65-56)61-37-45-26-14-6-15-27-45)67-57-54(64-40-48-32-20-9-21-33-48)53(63-39-47-30-18-8-19-31-47)51(66-57)49(60-36-44-24-12-5-13-25-44)41-58-35-43-22-10-4-11-23-43/h3-33,42,49-57H,1,34-41H2,2H3/t42-,49+,50-,51-,52+,53-,54+,55+,56+,57+/m0/s1. The lowest BCUT2D eigenvalue weighted by Gasteiger charge is -2.45. The molecule has 8 rings (SSSR count). The van der Waals surface area contributed by atoms with Crippen LogP contribution >= 0.6 is 0 Å². The zero-order chi connectivity index (χ0) is 45.9.